The molecule has 2 bridgehead atoms. The number of carbonyl (C=O) groups excluding carboxylic acids is 1. The highest BCUT2D eigenvalue weighted by Gasteiger charge is 2.37. The third-order valence-electron chi connectivity index (χ3n) is 5.89. The summed E-state index contributed by atoms with van der Waals surface area (Å²) in [6.45, 7) is 6.49. The number of H-pyrrole nitrogens is 1. The number of fused-ring (bicyclic) bond motifs is 4. The van der Waals surface area contributed by atoms with Crippen molar-refractivity contribution in [1.82, 2.24) is 25.1 Å². The lowest BCUT2D eigenvalue weighted by atomic mass is 9.95. The predicted octanol–water partition coefficient (Wildman–Crippen LogP) is 2.57. The summed E-state index contributed by atoms with van der Waals surface area (Å²) < 4.78 is 0. The van der Waals surface area contributed by atoms with Crippen molar-refractivity contribution < 1.29 is 4.79 Å². The van der Waals surface area contributed by atoms with E-state index in [2.05, 4.69) is 44.1 Å². The molecule has 2 N–H and O–H groups in total. The van der Waals surface area contributed by atoms with Crippen LogP contribution in [0, 0.1) is 12.8 Å². The van der Waals surface area contributed by atoms with E-state index in [1.54, 1.807) is 6.33 Å². The van der Waals surface area contributed by atoms with Crippen LogP contribution >= 0.6 is 0 Å². The Morgan fingerprint density at radius 2 is 2.07 bits per heavy atom. The molecule has 1 aromatic carbocycles. The van der Waals surface area contributed by atoms with Gasteiger partial charge in [-0.2, -0.15) is 0 Å². The van der Waals surface area contributed by atoms with Gasteiger partial charge in [0.2, 0.25) is 0 Å². The molecule has 4 heterocycles. The summed E-state index contributed by atoms with van der Waals surface area (Å²) in [5.41, 5.74) is 3.52. The highest BCUT2D eigenvalue weighted by Crippen LogP contribution is 2.28. The number of carbonyl (C=O) groups is 1. The minimum atomic E-state index is 0.0958. The fourth-order valence-corrected chi connectivity index (χ4v) is 4.38. The van der Waals surface area contributed by atoms with Crippen LogP contribution in [-0.2, 0) is 13.0 Å². The summed E-state index contributed by atoms with van der Waals surface area (Å²) in [5.74, 6) is 0.558. The number of hydrogen-bond donors (Lipinski definition) is 2. The number of amides is 2. The van der Waals surface area contributed by atoms with E-state index in [9.17, 15) is 4.79 Å². The Bertz CT molecular complexity index is 759. The maximum atomic E-state index is 12.8. The minimum absolute atomic E-state index is 0.0958. The van der Waals surface area contributed by atoms with Gasteiger partial charge in [0, 0.05) is 44.5 Å². The number of rotatable bonds is 5. The van der Waals surface area contributed by atoms with Crippen LogP contribution in [0.25, 0.3) is 0 Å². The first kappa shape index (κ1) is 18.0. The average molecular weight is 367 g/mol. The highest BCUT2D eigenvalue weighted by atomic mass is 16.2. The number of aromatic amines is 1. The first-order valence-electron chi connectivity index (χ1n) is 9.98. The average Bonchev–Trinajstić information content (AvgIpc) is 2.89. The summed E-state index contributed by atoms with van der Waals surface area (Å²) >= 11 is 0. The van der Waals surface area contributed by atoms with Crippen LogP contribution in [-0.4, -0.2) is 58.0 Å². The maximum Gasteiger partial charge on any atom is 0.317 e. The smallest absolute Gasteiger partial charge is 0.317 e. The second-order valence-corrected chi connectivity index (χ2v) is 7.89. The molecule has 144 valence electrons. The number of aromatic nitrogens is 2. The molecule has 1 aromatic heterocycles. The molecule has 2 amide bonds. The minimum Gasteiger partial charge on any atom is -0.348 e. The molecule has 3 saturated heterocycles. The summed E-state index contributed by atoms with van der Waals surface area (Å²) in [5, 5.41) is 3.13. The number of nitrogens with zero attached hydrogens (tertiary/aromatic N) is 3. The molecular formula is C21H29N5O. The van der Waals surface area contributed by atoms with E-state index in [0.29, 0.717) is 18.5 Å². The zero-order valence-corrected chi connectivity index (χ0v) is 16.0. The van der Waals surface area contributed by atoms with Crippen molar-refractivity contribution >= 4 is 6.03 Å². The maximum absolute atomic E-state index is 12.8. The summed E-state index contributed by atoms with van der Waals surface area (Å²) in [7, 11) is 0. The quantitative estimate of drug-likeness (QED) is 0.854. The van der Waals surface area contributed by atoms with Gasteiger partial charge < -0.3 is 15.2 Å². The molecule has 0 radical (unpaired) electrons. The van der Waals surface area contributed by atoms with E-state index < -0.39 is 0 Å². The lowest BCUT2D eigenvalue weighted by Gasteiger charge is -2.36. The topological polar surface area (TPSA) is 64.3 Å². The molecule has 6 nitrogen and oxygen atoms in total. The van der Waals surface area contributed by atoms with Crippen molar-refractivity contribution in [2.45, 2.75) is 38.8 Å². The molecule has 0 unspecified atom stereocenters. The third-order valence-corrected chi connectivity index (χ3v) is 5.89. The molecule has 27 heavy (non-hydrogen) atoms. The van der Waals surface area contributed by atoms with Crippen LogP contribution in [0.3, 0.4) is 0 Å². The SMILES string of the molecule is Cc1[nH]cnc1CN1C[C@@H]2CC[C@H](C1)N(C(=O)NCCc1ccccc1)C2. The first-order valence-corrected chi connectivity index (χ1v) is 9.98. The van der Waals surface area contributed by atoms with Crippen LogP contribution in [0.4, 0.5) is 4.79 Å². The van der Waals surface area contributed by atoms with Crippen molar-refractivity contribution in [2.75, 3.05) is 26.2 Å². The summed E-state index contributed by atoms with van der Waals surface area (Å²) in [4.78, 5) is 25.0. The Hall–Kier alpha value is -2.34. The number of aryl methyl sites for hydroxylation is 1. The fraction of sp³-hybridized carbons (Fsp3) is 0.524. The molecule has 3 aliphatic rings. The van der Waals surface area contributed by atoms with E-state index in [4.69, 9.17) is 0 Å². The van der Waals surface area contributed by atoms with Crippen molar-refractivity contribution in [3.8, 4) is 0 Å². The molecule has 3 fully saturated rings. The van der Waals surface area contributed by atoms with Gasteiger partial charge in [0.05, 0.1) is 12.0 Å². The lowest BCUT2D eigenvalue weighted by molar-refractivity contribution is 0.140. The number of benzene rings is 1. The first-order chi connectivity index (χ1) is 13.2. The monoisotopic (exact) mass is 367 g/mol. The Balaban J connectivity index is 1.33. The molecule has 0 aliphatic carbocycles. The Kier molecular flexibility index (Phi) is 5.43. The van der Waals surface area contributed by atoms with Crippen molar-refractivity contribution in [3.05, 3.63) is 53.6 Å². The van der Waals surface area contributed by atoms with E-state index in [1.807, 2.05) is 18.2 Å². The predicted molar refractivity (Wildman–Crippen MR) is 105 cm³/mol. The highest BCUT2D eigenvalue weighted by molar-refractivity contribution is 5.74. The second kappa shape index (κ2) is 8.13. The lowest BCUT2D eigenvalue weighted by Crippen LogP contribution is -2.51. The van der Waals surface area contributed by atoms with Crippen molar-refractivity contribution in [3.63, 3.8) is 0 Å². The molecule has 0 saturated carbocycles. The van der Waals surface area contributed by atoms with Gasteiger partial charge in [-0.3, -0.25) is 4.90 Å². The molecule has 3 aliphatic heterocycles. The van der Waals surface area contributed by atoms with Crippen LogP contribution in [0.1, 0.15) is 29.8 Å². The van der Waals surface area contributed by atoms with Crippen molar-refractivity contribution in [1.29, 1.82) is 0 Å². The number of hydrogen-bond acceptors (Lipinski definition) is 3. The third kappa shape index (κ3) is 4.33. The zero-order valence-electron chi connectivity index (χ0n) is 16.0. The van der Waals surface area contributed by atoms with Gasteiger partial charge in [0.25, 0.3) is 0 Å². The van der Waals surface area contributed by atoms with Gasteiger partial charge in [-0.25, -0.2) is 9.78 Å². The Morgan fingerprint density at radius 1 is 1.22 bits per heavy atom. The van der Waals surface area contributed by atoms with Crippen LogP contribution in [0.2, 0.25) is 0 Å². The number of urea groups is 1. The van der Waals surface area contributed by atoms with Gasteiger partial charge >= 0.3 is 6.03 Å². The summed E-state index contributed by atoms with van der Waals surface area (Å²) in [6, 6.07) is 10.7. The summed E-state index contributed by atoms with van der Waals surface area (Å²) in [6.07, 6.45) is 4.96. The van der Waals surface area contributed by atoms with Crippen LogP contribution in [0.15, 0.2) is 36.7 Å². The zero-order chi connectivity index (χ0) is 18.6. The van der Waals surface area contributed by atoms with Crippen LogP contribution in [0.5, 0.6) is 0 Å². The van der Waals surface area contributed by atoms with Gasteiger partial charge in [-0.05, 0) is 37.7 Å². The van der Waals surface area contributed by atoms with E-state index in [1.165, 1.54) is 12.0 Å². The van der Waals surface area contributed by atoms with Crippen LogP contribution < -0.4 is 5.32 Å². The standard InChI is InChI=1S/C21H29N5O/c1-16-20(24-15-23-16)14-25-11-18-7-8-19(13-25)26(12-18)21(27)22-10-9-17-5-3-2-4-6-17/h2-6,15,18-19H,7-14H2,1H3,(H,22,27)(H,23,24)/t18-,19+/m0/s1. The van der Waals surface area contributed by atoms with Gasteiger partial charge in [-0.15, -0.1) is 0 Å². The van der Waals surface area contributed by atoms with E-state index in [0.717, 1.165) is 50.4 Å². The molecule has 6 heteroatoms. The number of piperidine rings is 1. The molecule has 2 atom stereocenters. The molecule has 5 rings (SSSR count). The normalized spacial score (nSPS) is 22.6. The van der Waals surface area contributed by atoms with Gasteiger partial charge in [0.1, 0.15) is 0 Å². The second-order valence-electron chi connectivity index (χ2n) is 7.89. The number of imidazole rings is 1. The Morgan fingerprint density at radius 3 is 2.85 bits per heavy atom. The number of nitrogens with one attached hydrogen (secondary N) is 2. The molecule has 2 aromatic rings. The van der Waals surface area contributed by atoms with Gasteiger partial charge in [-0.1, -0.05) is 30.3 Å². The molecule has 0 spiro atoms. The van der Waals surface area contributed by atoms with Crippen molar-refractivity contribution in [2.24, 2.45) is 5.92 Å². The Labute approximate surface area is 161 Å². The fourth-order valence-electron chi connectivity index (χ4n) is 4.38. The molecular weight excluding hydrogens is 338 g/mol. The largest absolute Gasteiger partial charge is 0.348 e. The van der Waals surface area contributed by atoms with E-state index in [-0.39, 0.29) is 6.03 Å². The van der Waals surface area contributed by atoms with Gasteiger partial charge in [0.15, 0.2) is 0 Å². The van der Waals surface area contributed by atoms with E-state index >= 15 is 0 Å².